The molecule has 33 N–H and O–H groups in total. The molecule has 9 aliphatic heterocycles. The lowest BCUT2D eigenvalue weighted by Crippen LogP contribution is -2.72. The van der Waals surface area contributed by atoms with Crippen LogP contribution in [-0.2, 0) is 119 Å². The van der Waals surface area contributed by atoms with Crippen LogP contribution in [0.15, 0.2) is 0 Å². The van der Waals surface area contributed by atoms with Gasteiger partial charge < -0.3 is 255 Å². The van der Waals surface area contributed by atoms with Crippen molar-refractivity contribution in [2.75, 3.05) is 72.7 Å². The van der Waals surface area contributed by atoms with Crippen LogP contribution in [0.4, 0.5) is 0 Å². The standard InChI is InChI=1S/C74H125N7O51/c1-19(91)75-26(8-82)43(99)59(27(98)9-83)126-71-42(81-25(7)97)55(111)60(33(15-89)122-71)128-72-58(114)63(130-74-65(132-70-41(80-24(6)96)54(110)48(104)32(14-88)121-70)57(113)61(34(16-90)123-74)127-67-38(77-21(3)93)51(107)45(101)29(11-85)118-67)62(129-68-39(78-22(4)94)52(108)46(102)30(12-86)119-68)36(125-72)18-116-73-64(131-69-40(79-23(5)95)53(109)47(103)31(13-87)120-69)56(112)49(105)35(124-73)17-115-66-37(76-20(2)92)50(106)44(100)28(10-84)117-66/h26-74,82-90,98-114H,8-18H2,1-7H3,(H,75,91)(H,76,92)(H,77,93)(H,78,94)(H,79,95)(H,80,96)(H,81,97)/t26-,27+,28+,29+,30+,31+,32+,33+,34+,35+,36+,37+,38+,39+,40+,41+,42+,43+,44+,45+,46+,47+,48+,49+,50+,51+,52+,53+,54+,55+,56-,57-,58-,59+,60+,61+,62+,63+,64-,65-,66+,67-,68-,69-,70+,71-,72-,73-,74+/m0/s1. The second-order valence-electron chi connectivity index (χ2n) is 33.0. The molecule has 0 aliphatic carbocycles. The Morgan fingerprint density at radius 1 is 0.258 bits per heavy atom. The topological polar surface area (TPSA) is 896 Å². The third-order valence-electron chi connectivity index (χ3n) is 23.3. The average Bonchev–Trinajstić information content (AvgIpc) is 0.755. The van der Waals surface area contributed by atoms with Gasteiger partial charge in [-0.05, 0) is 0 Å². The minimum Gasteiger partial charge on any atom is -0.394 e. The molecule has 132 heavy (non-hydrogen) atoms. The van der Waals surface area contributed by atoms with Gasteiger partial charge in [-0.25, -0.2) is 0 Å². The van der Waals surface area contributed by atoms with Crippen LogP contribution in [-0.4, -0.2) is 547 Å². The highest BCUT2D eigenvalue weighted by atomic mass is 16.8. The number of rotatable bonds is 39. The van der Waals surface area contributed by atoms with E-state index in [1.807, 2.05) is 0 Å². The van der Waals surface area contributed by atoms with Gasteiger partial charge in [-0.1, -0.05) is 0 Å². The van der Waals surface area contributed by atoms with Crippen molar-refractivity contribution in [3.05, 3.63) is 0 Å². The largest absolute Gasteiger partial charge is 0.394 e. The predicted octanol–water partition coefficient (Wildman–Crippen LogP) is -22.2. The van der Waals surface area contributed by atoms with Gasteiger partial charge in [0.25, 0.3) is 0 Å². The lowest BCUT2D eigenvalue weighted by Gasteiger charge is -2.53. The lowest BCUT2D eigenvalue weighted by atomic mass is 9.93. The Morgan fingerprint density at radius 3 is 0.902 bits per heavy atom. The van der Waals surface area contributed by atoms with Crippen LogP contribution in [0.5, 0.6) is 0 Å². The van der Waals surface area contributed by atoms with E-state index in [4.69, 9.17) is 85.3 Å². The van der Waals surface area contributed by atoms with E-state index >= 15 is 0 Å². The fourth-order valence-corrected chi connectivity index (χ4v) is 16.6. The van der Waals surface area contributed by atoms with Gasteiger partial charge in [0.15, 0.2) is 56.6 Å². The molecule has 9 aliphatic rings. The Kier molecular flexibility index (Phi) is 41.2. The molecular formula is C74H125N7O51. The number of aliphatic hydroxyl groups excluding tert-OH is 26. The Labute approximate surface area is 749 Å². The summed E-state index contributed by atoms with van der Waals surface area (Å²) in [6, 6.07) is -13.5. The fourth-order valence-electron chi connectivity index (χ4n) is 16.6. The van der Waals surface area contributed by atoms with E-state index in [2.05, 4.69) is 37.2 Å². The Hall–Kier alpha value is -5.47. The normalized spacial score (nSPS) is 44.1. The second-order valence-corrected chi connectivity index (χ2v) is 33.0. The summed E-state index contributed by atoms with van der Waals surface area (Å²) in [6.45, 7) is -6.81. The first kappa shape index (κ1) is 110. The number of carbonyl (C=O) groups excluding carboxylic acids is 7. The number of amides is 7. The fraction of sp³-hybridized carbons (Fsp3) is 0.905. The van der Waals surface area contributed by atoms with Crippen LogP contribution in [0.2, 0.25) is 0 Å². The van der Waals surface area contributed by atoms with Crippen LogP contribution in [0.3, 0.4) is 0 Å². The molecule has 0 aromatic heterocycles. The molecule has 0 bridgehead atoms. The van der Waals surface area contributed by atoms with E-state index in [-0.39, 0.29) is 0 Å². The molecule has 0 aromatic rings. The third-order valence-corrected chi connectivity index (χ3v) is 23.3. The summed E-state index contributed by atoms with van der Waals surface area (Å²) < 4.78 is 112. The zero-order valence-corrected chi connectivity index (χ0v) is 71.9. The van der Waals surface area contributed by atoms with Gasteiger partial charge in [0.2, 0.25) is 41.4 Å². The molecule has 0 spiro atoms. The first-order chi connectivity index (χ1) is 62.3. The molecule has 9 rings (SSSR count). The number of hydrogen-bond donors (Lipinski definition) is 33. The van der Waals surface area contributed by atoms with Crippen LogP contribution >= 0.6 is 0 Å². The summed E-state index contributed by atoms with van der Waals surface area (Å²) in [5.41, 5.74) is 0. The summed E-state index contributed by atoms with van der Waals surface area (Å²) in [4.78, 5) is 90.3. The van der Waals surface area contributed by atoms with E-state index in [0.717, 1.165) is 48.5 Å². The van der Waals surface area contributed by atoms with Gasteiger partial charge in [0.05, 0.1) is 78.7 Å². The van der Waals surface area contributed by atoms with Gasteiger partial charge in [0.1, 0.15) is 238 Å². The van der Waals surface area contributed by atoms with E-state index in [0.29, 0.717) is 0 Å². The molecule has 0 aromatic carbocycles. The highest BCUT2D eigenvalue weighted by molar-refractivity contribution is 5.75. The molecule has 7 amide bonds. The van der Waals surface area contributed by atoms with Crippen molar-refractivity contribution in [3.8, 4) is 0 Å². The molecule has 0 unspecified atom stereocenters. The van der Waals surface area contributed by atoms with Crippen LogP contribution in [0, 0.1) is 0 Å². The van der Waals surface area contributed by atoms with E-state index in [1.54, 1.807) is 0 Å². The van der Waals surface area contributed by atoms with Gasteiger partial charge in [-0.3, -0.25) is 33.6 Å². The predicted molar refractivity (Wildman–Crippen MR) is 413 cm³/mol. The van der Waals surface area contributed by atoms with Crippen molar-refractivity contribution in [3.63, 3.8) is 0 Å². The molecule has 762 valence electrons. The average molecular weight is 1930 g/mol. The summed E-state index contributed by atoms with van der Waals surface area (Å²) >= 11 is 0. The zero-order chi connectivity index (χ0) is 97.8. The van der Waals surface area contributed by atoms with E-state index < -0.39 is 414 Å². The van der Waals surface area contributed by atoms with Crippen molar-refractivity contribution in [1.82, 2.24) is 37.2 Å². The number of ether oxygens (including phenoxy) is 18. The van der Waals surface area contributed by atoms with Crippen LogP contribution in [0.25, 0.3) is 0 Å². The van der Waals surface area contributed by atoms with Crippen molar-refractivity contribution in [2.45, 2.75) is 349 Å². The van der Waals surface area contributed by atoms with Gasteiger partial charge in [-0.15, -0.1) is 0 Å². The first-order valence-corrected chi connectivity index (χ1v) is 42.0. The number of carbonyl (C=O) groups is 7. The lowest BCUT2D eigenvalue weighted by molar-refractivity contribution is -0.412. The van der Waals surface area contributed by atoms with Crippen molar-refractivity contribution >= 4 is 41.4 Å². The van der Waals surface area contributed by atoms with Crippen molar-refractivity contribution < 1.29 is 252 Å². The molecule has 9 fully saturated rings. The monoisotopic (exact) mass is 1930 g/mol. The van der Waals surface area contributed by atoms with Crippen LogP contribution in [0.1, 0.15) is 48.5 Å². The number of hydrogen-bond acceptors (Lipinski definition) is 51. The highest BCUT2D eigenvalue weighted by Gasteiger charge is 2.63. The summed E-state index contributed by atoms with van der Waals surface area (Å²) in [5, 5.41) is 313. The maximum Gasteiger partial charge on any atom is 0.217 e. The summed E-state index contributed by atoms with van der Waals surface area (Å²) in [5.74, 6) is -6.73. The molecule has 0 radical (unpaired) electrons. The summed E-state index contributed by atoms with van der Waals surface area (Å²) in [7, 11) is 0. The second kappa shape index (κ2) is 49.4. The minimum atomic E-state index is -2.88. The van der Waals surface area contributed by atoms with Crippen molar-refractivity contribution in [1.29, 1.82) is 0 Å². The molecule has 9 saturated heterocycles. The third kappa shape index (κ3) is 26.0. The maximum absolute atomic E-state index is 13.6. The molecule has 9 heterocycles. The number of nitrogens with one attached hydrogen (secondary N) is 7. The van der Waals surface area contributed by atoms with Gasteiger partial charge >= 0.3 is 0 Å². The van der Waals surface area contributed by atoms with Crippen molar-refractivity contribution in [2.24, 2.45) is 0 Å². The van der Waals surface area contributed by atoms with Crippen LogP contribution < -0.4 is 37.2 Å². The van der Waals surface area contributed by atoms with E-state index in [1.165, 1.54) is 0 Å². The minimum absolute atomic E-state index is 0.858. The molecule has 0 saturated carbocycles. The molecule has 58 nitrogen and oxygen atoms in total. The quantitative estimate of drug-likeness (QED) is 0.0272. The maximum atomic E-state index is 13.6. The Balaban J connectivity index is 1.26. The molecule has 49 atom stereocenters. The summed E-state index contributed by atoms with van der Waals surface area (Å²) in [6.07, 6.45) is -94.8. The highest BCUT2D eigenvalue weighted by Crippen LogP contribution is 2.42. The zero-order valence-electron chi connectivity index (χ0n) is 71.9. The van der Waals surface area contributed by atoms with Gasteiger partial charge in [0, 0.05) is 48.5 Å². The SMILES string of the molecule is CC(=O)N[C@H]1[C@H](O[C@@H]([C@H](O)[C@H](CO)NC(C)=O)[C@H](O)CO)O[C@H](CO)[C@@H](O[C@@H]2O[C@H](CO[C@H]3O[C@H](CO[C@@H]4O[C@H](CO)[C@@H](O)[C@H](O)[C@H]4NC(C)=O)[C@@H](O)[C@H](O)[C@@H]3O[C@@H]3O[C@H](CO)[C@@H](O)[C@H](O)[C@H]3NC(C)=O)[C@@H](O[C@@H]3O[C@H](CO)[C@@H](O)[C@H](O)[C@H]3NC(C)=O)[C@H](O[C@H]3O[C@H](CO)[C@@H](O[C@@H]4O[C@H](CO)[C@@H](O)[C@H](O)[C@H]4NC(C)=O)[C@H](O)[C@@H]3O[C@H]3O[C@H](CO)[C@@H](O)[C@H](O)[C@H]3NC(C)=O)[C@@H]2O)[C@@H]1O. The molecule has 58 heteroatoms. The van der Waals surface area contributed by atoms with E-state index in [9.17, 15) is 166 Å². The number of aliphatic hydroxyl groups is 26. The smallest absolute Gasteiger partial charge is 0.217 e. The van der Waals surface area contributed by atoms with Gasteiger partial charge in [-0.2, -0.15) is 0 Å². The Morgan fingerprint density at radius 2 is 0.538 bits per heavy atom. The Bertz CT molecular complexity index is 3650. The first-order valence-electron chi connectivity index (χ1n) is 42.0. The molecular weight excluding hydrogens is 1800 g/mol.